The van der Waals surface area contributed by atoms with Crippen LogP contribution in [0.25, 0.3) is 11.5 Å². The summed E-state index contributed by atoms with van der Waals surface area (Å²) in [6.07, 6.45) is 5.41. The van der Waals surface area contributed by atoms with E-state index >= 15 is 0 Å². The minimum absolute atomic E-state index is 0.0683. The van der Waals surface area contributed by atoms with E-state index in [4.69, 9.17) is 9.52 Å². The number of ketones is 1. The predicted molar refractivity (Wildman–Crippen MR) is 93.0 cm³/mol. The van der Waals surface area contributed by atoms with Crippen LogP contribution >= 0.6 is 0 Å². The highest BCUT2D eigenvalue weighted by Gasteiger charge is 2.16. The summed E-state index contributed by atoms with van der Waals surface area (Å²) < 4.78 is 7.26. The minimum Gasteiger partial charge on any atom is -0.508 e. The van der Waals surface area contributed by atoms with Gasteiger partial charge in [0, 0.05) is 44.3 Å². The molecule has 0 aliphatic rings. The summed E-state index contributed by atoms with van der Waals surface area (Å²) in [5.41, 5.74) is 1.39. The number of phenols is 1. The van der Waals surface area contributed by atoms with Crippen LogP contribution in [-0.4, -0.2) is 31.5 Å². The average Bonchev–Trinajstić information content (AvgIpc) is 3.20. The lowest BCUT2D eigenvalue weighted by Gasteiger charge is -2.00. The number of rotatable bonds is 7. The number of oxazole rings is 1. The summed E-state index contributed by atoms with van der Waals surface area (Å²) in [5.74, 6) is 0.0489. The van der Waals surface area contributed by atoms with Gasteiger partial charge in [-0.15, -0.1) is 0 Å². The zero-order valence-corrected chi connectivity index (χ0v) is 14.2. The molecule has 0 spiro atoms. The standard InChI is InChI=1S/C19H18N2O5/c1-21-10-13(17(11-21)19(24)25)8-15(23)6-7-16-9-20-18(26-16)12-2-4-14(22)5-3-12/h2-5,9-11,22H,6-8H2,1H3,(H,24,25). The van der Waals surface area contributed by atoms with Gasteiger partial charge in [-0.05, 0) is 29.8 Å². The van der Waals surface area contributed by atoms with Gasteiger partial charge in [0.2, 0.25) is 5.89 Å². The quantitative estimate of drug-likeness (QED) is 0.676. The Morgan fingerprint density at radius 1 is 1.19 bits per heavy atom. The molecular weight excluding hydrogens is 336 g/mol. The van der Waals surface area contributed by atoms with Gasteiger partial charge in [-0.3, -0.25) is 4.79 Å². The first-order chi connectivity index (χ1) is 12.4. The summed E-state index contributed by atoms with van der Waals surface area (Å²) >= 11 is 0. The third-order valence-electron chi connectivity index (χ3n) is 3.97. The Morgan fingerprint density at radius 3 is 2.62 bits per heavy atom. The van der Waals surface area contributed by atoms with Gasteiger partial charge < -0.3 is 19.2 Å². The van der Waals surface area contributed by atoms with Crippen LogP contribution in [0.5, 0.6) is 5.75 Å². The summed E-state index contributed by atoms with van der Waals surface area (Å²) in [6.45, 7) is 0. The van der Waals surface area contributed by atoms with Crippen LogP contribution < -0.4 is 0 Å². The highest BCUT2D eigenvalue weighted by atomic mass is 16.4. The Hall–Kier alpha value is -3.35. The molecule has 0 radical (unpaired) electrons. The molecular formula is C19H18N2O5. The summed E-state index contributed by atoms with van der Waals surface area (Å²) in [6, 6.07) is 6.48. The van der Waals surface area contributed by atoms with E-state index in [9.17, 15) is 14.7 Å². The number of carbonyl (C=O) groups excluding carboxylic acids is 1. The van der Waals surface area contributed by atoms with Crippen LogP contribution in [0, 0.1) is 0 Å². The fourth-order valence-corrected chi connectivity index (χ4v) is 2.70. The summed E-state index contributed by atoms with van der Waals surface area (Å²) in [5, 5.41) is 18.5. The monoisotopic (exact) mass is 354 g/mol. The van der Waals surface area contributed by atoms with E-state index in [2.05, 4.69) is 4.98 Å². The molecule has 2 heterocycles. The number of phenolic OH excluding ortho intramolecular Hbond substituents is 1. The largest absolute Gasteiger partial charge is 0.508 e. The van der Waals surface area contributed by atoms with Crippen molar-refractivity contribution in [3.63, 3.8) is 0 Å². The maximum atomic E-state index is 12.2. The van der Waals surface area contributed by atoms with Crippen molar-refractivity contribution in [3.05, 3.63) is 59.7 Å². The molecule has 1 aromatic carbocycles. The van der Waals surface area contributed by atoms with Crippen molar-refractivity contribution in [2.24, 2.45) is 7.05 Å². The molecule has 134 valence electrons. The molecule has 0 atom stereocenters. The summed E-state index contributed by atoms with van der Waals surface area (Å²) in [7, 11) is 1.72. The van der Waals surface area contributed by atoms with Gasteiger partial charge in [-0.25, -0.2) is 9.78 Å². The zero-order valence-electron chi connectivity index (χ0n) is 14.2. The number of aromatic hydroxyl groups is 1. The highest BCUT2D eigenvalue weighted by Crippen LogP contribution is 2.22. The van der Waals surface area contributed by atoms with Crippen molar-refractivity contribution < 1.29 is 24.2 Å². The number of aryl methyl sites for hydroxylation is 2. The second-order valence-electron chi connectivity index (χ2n) is 6.06. The molecule has 0 aliphatic carbocycles. The fourth-order valence-electron chi connectivity index (χ4n) is 2.70. The van der Waals surface area contributed by atoms with E-state index in [-0.39, 0.29) is 29.9 Å². The van der Waals surface area contributed by atoms with Crippen molar-refractivity contribution in [1.82, 2.24) is 9.55 Å². The van der Waals surface area contributed by atoms with Crippen molar-refractivity contribution in [3.8, 4) is 17.2 Å². The lowest BCUT2D eigenvalue weighted by atomic mass is 10.0. The van der Waals surface area contributed by atoms with Gasteiger partial charge >= 0.3 is 5.97 Å². The molecule has 2 N–H and O–H groups in total. The number of hydrogen-bond acceptors (Lipinski definition) is 5. The van der Waals surface area contributed by atoms with Crippen LogP contribution in [0.1, 0.15) is 28.1 Å². The Bertz CT molecular complexity index is 937. The lowest BCUT2D eigenvalue weighted by molar-refractivity contribution is -0.118. The van der Waals surface area contributed by atoms with Crippen LogP contribution in [0.15, 0.2) is 47.3 Å². The van der Waals surface area contributed by atoms with E-state index in [1.807, 2.05) is 0 Å². The van der Waals surface area contributed by atoms with E-state index < -0.39 is 5.97 Å². The number of carboxylic acids is 1. The van der Waals surface area contributed by atoms with Gasteiger partial charge in [0.25, 0.3) is 0 Å². The van der Waals surface area contributed by atoms with Crippen LogP contribution in [-0.2, 0) is 24.7 Å². The van der Waals surface area contributed by atoms with E-state index in [0.29, 0.717) is 23.6 Å². The van der Waals surface area contributed by atoms with E-state index in [0.717, 1.165) is 5.56 Å². The molecule has 0 saturated heterocycles. The molecule has 2 aromatic heterocycles. The minimum atomic E-state index is -1.04. The molecule has 7 heteroatoms. The first-order valence-electron chi connectivity index (χ1n) is 8.06. The number of hydrogen-bond donors (Lipinski definition) is 2. The zero-order chi connectivity index (χ0) is 18.7. The Labute approximate surface area is 149 Å². The topological polar surface area (TPSA) is 106 Å². The third-order valence-corrected chi connectivity index (χ3v) is 3.97. The number of benzene rings is 1. The molecule has 0 amide bonds. The maximum absolute atomic E-state index is 12.2. The third kappa shape index (κ3) is 4.00. The second kappa shape index (κ2) is 7.26. The van der Waals surface area contributed by atoms with Gasteiger partial charge in [0.1, 0.15) is 17.3 Å². The van der Waals surface area contributed by atoms with Gasteiger partial charge in [0.15, 0.2) is 0 Å². The SMILES string of the molecule is Cn1cc(CC(=O)CCc2cnc(-c3ccc(O)cc3)o2)c(C(=O)O)c1. The number of Topliss-reactive ketones (excluding diaryl/α,β-unsaturated/α-hetero) is 1. The number of carbonyl (C=O) groups is 2. The fraction of sp³-hybridized carbons (Fsp3) is 0.211. The van der Waals surface area contributed by atoms with Gasteiger partial charge in [-0.2, -0.15) is 0 Å². The highest BCUT2D eigenvalue weighted by molar-refractivity contribution is 5.92. The van der Waals surface area contributed by atoms with Crippen LogP contribution in [0.3, 0.4) is 0 Å². The molecule has 0 saturated carbocycles. The second-order valence-corrected chi connectivity index (χ2v) is 6.06. The number of carboxylic acid groups (broad SMARTS) is 1. The lowest BCUT2D eigenvalue weighted by Crippen LogP contribution is -2.07. The van der Waals surface area contributed by atoms with Gasteiger partial charge in [-0.1, -0.05) is 0 Å². The van der Waals surface area contributed by atoms with Crippen molar-refractivity contribution in [2.75, 3.05) is 0 Å². The Balaban J connectivity index is 1.60. The molecule has 0 bridgehead atoms. The molecule has 0 unspecified atom stereocenters. The number of nitrogens with zero attached hydrogens (tertiary/aromatic N) is 2. The first kappa shape index (κ1) is 17.5. The van der Waals surface area contributed by atoms with Crippen LogP contribution in [0.4, 0.5) is 0 Å². The average molecular weight is 354 g/mol. The molecule has 26 heavy (non-hydrogen) atoms. The number of aromatic nitrogens is 2. The first-order valence-corrected chi connectivity index (χ1v) is 8.06. The predicted octanol–water partition coefficient (Wildman–Crippen LogP) is 2.83. The molecule has 7 nitrogen and oxygen atoms in total. The van der Waals surface area contributed by atoms with E-state index in [1.54, 1.807) is 48.3 Å². The van der Waals surface area contributed by atoms with Crippen molar-refractivity contribution in [2.45, 2.75) is 19.3 Å². The van der Waals surface area contributed by atoms with Crippen LogP contribution in [0.2, 0.25) is 0 Å². The van der Waals surface area contributed by atoms with Gasteiger partial charge in [0.05, 0.1) is 11.8 Å². The smallest absolute Gasteiger partial charge is 0.337 e. The van der Waals surface area contributed by atoms with E-state index in [1.165, 1.54) is 6.20 Å². The van der Waals surface area contributed by atoms with Crippen molar-refractivity contribution in [1.29, 1.82) is 0 Å². The Morgan fingerprint density at radius 2 is 1.92 bits per heavy atom. The normalized spacial score (nSPS) is 10.8. The maximum Gasteiger partial charge on any atom is 0.337 e. The number of aromatic carboxylic acids is 1. The Kier molecular flexibility index (Phi) is 4.88. The molecule has 3 rings (SSSR count). The summed E-state index contributed by atoms with van der Waals surface area (Å²) in [4.78, 5) is 27.6. The van der Waals surface area contributed by atoms with Crippen molar-refractivity contribution >= 4 is 11.8 Å². The molecule has 3 aromatic rings. The molecule has 0 fully saturated rings. The molecule has 0 aliphatic heterocycles.